The summed E-state index contributed by atoms with van der Waals surface area (Å²) in [6.45, 7) is -0.176. The molecule has 1 aromatic heterocycles. The third kappa shape index (κ3) is 4.71. The first kappa shape index (κ1) is 18.8. The van der Waals surface area contributed by atoms with Crippen LogP contribution < -0.4 is 16.7 Å². The monoisotopic (exact) mass is 360 g/mol. The van der Waals surface area contributed by atoms with Gasteiger partial charge in [-0.2, -0.15) is 18.2 Å². The third-order valence-corrected chi connectivity index (χ3v) is 3.46. The van der Waals surface area contributed by atoms with Gasteiger partial charge in [-0.1, -0.05) is 5.92 Å². The lowest BCUT2D eigenvalue weighted by Gasteiger charge is -2.16. The Balaban J connectivity index is 2.11. The SMILES string of the molecule is Nc1nc(=O)n([C@H]2CC[C@@H](CO)O2)cc1CC#CNC(=O)C(F)(F)F. The lowest BCUT2D eigenvalue weighted by atomic mass is 10.2. The van der Waals surface area contributed by atoms with Crippen LogP contribution in [0.1, 0.15) is 24.6 Å². The molecule has 4 N–H and O–H groups in total. The summed E-state index contributed by atoms with van der Waals surface area (Å²) in [5.74, 6) is 0.0128. The van der Waals surface area contributed by atoms with Crippen LogP contribution in [-0.2, 0) is 16.0 Å². The molecule has 0 radical (unpaired) electrons. The molecule has 1 amide bonds. The van der Waals surface area contributed by atoms with E-state index in [4.69, 9.17) is 15.6 Å². The lowest BCUT2D eigenvalue weighted by Crippen LogP contribution is -2.33. The number of amides is 1. The summed E-state index contributed by atoms with van der Waals surface area (Å²) in [5, 5.41) is 10.5. The highest BCUT2D eigenvalue weighted by Crippen LogP contribution is 2.27. The molecule has 1 saturated heterocycles. The Hall–Kier alpha value is -2.58. The zero-order valence-electron chi connectivity index (χ0n) is 12.8. The van der Waals surface area contributed by atoms with Gasteiger partial charge in [-0.05, 0) is 12.8 Å². The smallest absolute Gasteiger partial charge is 0.394 e. The fourth-order valence-corrected chi connectivity index (χ4v) is 2.20. The van der Waals surface area contributed by atoms with Crippen molar-refractivity contribution in [3.8, 4) is 12.0 Å². The zero-order valence-corrected chi connectivity index (χ0v) is 12.8. The van der Waals surface area contributed by atoms with Crippen LogP contribution in [-0.4, -0.2) is 39.5 Å². The quantitative estimate of drug-likeness (QED) is 0.502. The summed E-state index contributed by atoms with van der Waals surface area (Å²) in [6, 6.07) is 1.88. The average Bonchev–Trinajstić information content (AvgIpc) is 3.00. The number of nitrogen functional groups attached to an aromatic ring is 1. The van der Waals surface area contributed by atoms with Gasteiger partial charge in [0.2, 0.25) is 0 Å². The number of aliphatic hydroxyl groups is 1. The normalized spacial score (nSPS) is 20.0. The summed E-state index contributed by atoms with van der Waals surface area (Å²) >= 11 is 0. The molecule has 1 aliphatic heterocycles. The number of halogens is 3. The van der Waals surface area contributed by atoms with Crippen molar-refractivity contribution in [3.63, 3.8) is 0 Å². The van der Waals surface area contributed by atoms with Crippen LogP contribution in [0.4, 0.5) is 19.0 Å². The minimum atomic E-state index is -5.02. The van der Waals surface area contributed by atoms with Crippen LogP contribution in [0.25, 0.3) is 0 Å². The number of alkyl halides is 3. The number of hydrogen-bond donors (Lipinski definition) is 3. The third-order valence-electron chi connectivity index (χ3n) is 3.46. The Morgan fingerprint density at radius 1 is 1.52 bits per heavy atom. The molecule has 0 unspecified atom stereocenters. The molecular formula is C14H15F3N4O4. The molecular weight excluding hydrogens is 345 g/mol. The molecule has 1 aromatic rings. The number of aliphatic hydroxyl groups excluding tert-OH is 1. The maximum atomic E-state index is 12.0. The van der Waals surface area contributed by atoms with Crippen molar-refractivity contribution < 1.29 is 27.8 Å². The van der Waals surface area contributed by atoms with E-state index in [9.17, 15) is 22.8 Å². The van der Waals surface area contributed by atoms with Gasteiger partial charge in [-0.25, -0.2) is 4.79 Å². The van der Waals surface area contributed by atoms with Crippen LogP contribution in [0.2, 0.25) is 0 Å². The topological polar surface area (TPSA) is 119 Å². The fraction of sp³-hybridized carbons (Fsp3) is 0.500. The van der Waals surface area contributed by atoms with Crippen molar-refractivity contribution >= 4 is 11.7 Å². The molecule has 136 valence electrons. The molecule has 0 saturated carbocycles. The van der Waals surface area contributed by atoms with Crippen molar-refractivity contribution in [3.05, 3.63) is 22.2 Å². The van der Waals surface area contributed by atoms with Crippen LogP contribution >= 0.6 is 0 Å². The van der Waals surface area contributed by atoms with E-state index < -0.39 is 24.0 Å². The number of rotatable bonds is 3. The predicted octanol–water partition coefficient (Wildman–Crippen LogP) is -0.323. The van der Waals surface area contributed by atoms with E-state index in [0.717, 1.165) is 0 Å². The summed E-state index contributed by atoms with van der Waals surface area (Å²) in [4.78, 5) is 26.2. The van der Waals surface area contributed by atoms with Gasteiger partial charge in [0.05, 0.1) is 12.7 Å². The van der Waals surface area contributed by atoms with Gasteiger partial charge in [0.1, 0.15) is 12.0 Å². The van der Waals surface area contributed by atoms with Crippen molar-refractivity contribution in [2.45, 2.75) is 37.8 Å². The number of ether oxygens (including phenoxy) is 1. The van der Waals surface area contributed by atoms with Gasteiger partial charge < -0.3 is 15.6 Å². The number of nitrogens with one attached hydrogen (secondary N) is 1. The number of aromatic nitrogens is 2. The Morgan fingerprint density at radius 3 is 2.84 bits per heavy atom. The maximum Gasteiger partial charge on any atom is 0.472 e. The number of nitrogens with zero attached hydrogens (tertiary/aromatic N) is 2. The largest absolute Gasteiger partial charge is 0.472 e. The number of anilines is 1. The Kier molecular flexibility index (Phi) is 5.66. The van der Waals surface area contributed by atoms with Crippen molar-refractivity contribution in [2.24, 2.45) is 0 Å². The highest BCUT2D eigenvalue weighted by molar-refractivity contribution is 5.83. The van der Waals surface area contributed by atoms with Crippen molar-refractivity contribution in [2.75, 3.05) is 12.3 Å². The average molecular weight is 360 g/mol. The number of hydrogen-bond acceptors (Lipinski definition) is 6. The standard InChI is InChI=1S/C14H15F3N4O4/c15-14(16,17)12(23)19-5-1-2-8-6-21(13(24)20-11(8)18)10-4-3-9(7-22)25-10/h6,9-10,22H,2-4,7H2,(H,19,23)(H2,18,20,24)/t9-,10+/m0/s1. The summed E-state index contributed by atoms with van der Waals surface area (Å²) in [6.07, 6.45) is -3.74. The van der Waals surface area contributed by atoms with E-state index in [1.54, 1.807) is 0 Å². The van der Waals surface area contributed by atoms with Gasteiger partial charge in [0, 0.05) is 24.2 Å². The van der Waals surface area contributed by atoms with Crippen LogP contribution in [0.15, 0.2) is 11.0 Å². The van der Waals surface area contributed by atoms with Gasteiger partial charge in [0.25, 0.3) is 0 Å². The Bertz CT molecular complexity index is 766. The minimum Gasteiger partial charge on any atom is -0.394 e. The van der Waals surface area contributed by atoms with E-state index in [1.807, 2.05) is 6.04 Å². The first-order valence-electron chi connectivity index (χ1n) is 7.21. The lowest BCUT2D eigenvalue weighted by molar-refractivity contribution is -0.172. The molecule has 2 rings (SSSR count). The number of carbonyl (C=O) groups is 1. The summed E-state index contributed by atoms with van der Waals surface area (Å²) < 4.78 is 42.7. The highest BCUT2D eigenvalue weighted by Gasteiger charge is 2.38. The molecule has 8 nitrogen and oxygen atoms in total. The van der Waals surface area contributed by atoms with Crippen molar-refractivity contribution in [1.82, 2.24) is 14.9 Å². The second-order valence-electron chi connectivity index (χ2n) is 5.24. The number of carbonyl (C=O) groups excluding carboxylic acids is 1. The Labute approximate surface area is 139 Å². The molecule has 2 heterocycles. The highest BCUT2D eigenvalue weighted by atomic mass is 19.4. The molecule has 0 bridgehead atoms. The molecule has 0 spiro atoms. The number of nitrogens with two attached hydrogens (primary N) is 1. The van der Waals surface area contributed by atoms with Crippen molar-refractivity contribution in [1.29, 1.82) is 0 Å². The first-order chi connectivity index (χ1) is 11.7. The van der Waals surface area contributed by atoms with Crippen LogP contribution in [0.3, 0.4) is 0 Å². The molecule has 2 atom stereocenters. The molecule has 0 aromatic carbocycles. The van der Waals surface area contributed by atoms with E-state index in [0.29, 0.717) is 18.4 Å². The van der Waals surface area contributed by atoms with E-state index in [-0.39, 0.29) is 24.9 Å². The molecule has 11 heteroatoms. The molecule has 1 aliphatic rings. The summed E-state index contributed by atoms with van der Waals surface area (Å²) in [5.41, 5.74) is 5.26. The van der Waals surface area contributed by atoms with Crippen LogP contribution in [0.5, 0.6) is 0 Å². The predicted molar refractivity (Wildman–Crippen MR) is 78.8 cm³/mol. The van der Waals surface area contributed by atoms with E-state index in [2.05, 4.69) is 10.9 Å². The molecule has 1 fully saturated rings. The second-order valence-corrected chi connectivity index (χ2v) is 5.24. The maximum absolute atomic E-state index is 12.0. The zero-order chi connectivity index (χ0) is 18.6. The van der Waals surface area contributed by atoms with E-state index in [1.165, 1.54) is 16.1 Å². The first-order valence-corrected chi connectivity index (χ1v) is 7.21. The van der Waals surface area contributed by atoms with E-state index >= 15 is 0 Å². The Morgan fingerprint density at radius 2 is 2.24 bits per heavy atom. The van der Waals surface area contributed by atoms with Gasteiger partial charge >= 0.3 is 17.8 Å². The molecule has 25 heavy (non-hydrogen) atoms. The van der Waals surface area contributed by atoms with Gasteiger partial charge in [0.15, 0.2) is 0 Å². The van der Waals surface area contributed by atoms with Gasteiger partial charge in [-0.15, -0.1) is 0 Å². The van der Waals surface area contributed by atoms with Gasteiger partial charge in [-0.3, -0.25) is 14.7 Å². The molecule has 0 aliphatic carbocycles. The second kappa shape index (κ2) is 7.54. The fourth-order valence-electron chi connectivity index (χ4n) is 2.20. The van der Waals surface area contributed by atoms with Crippen LogP contribution in [0, 0.1) is 12.0 Å². The summed E-state index contributed by atoms with van der Waals surface area (Å²) in [7, 11) is 0. The minimum absolute atomic E-state index is 0.116.